The van der Waals surface area contributed by atoms with Gasteiger partial charge in [0.25, 0.3) is 0 Å². The predicted molar refractivity (Wildman–Crippen MR) is 87.8 cm³/mol. The molecule has 22 heavy (non-hydrogen) atoms. The van der Waals surface area contributed by atoms with Gasteiger partial charge >= 0.3 is 0 Å². The average Bonchev–Trinajstić information content (AvgIpc) is 2.52. The normalized spacial score (nSPS) is 12.3. The van der Waals surface area contributed by atoms with Gasteiger partial charge in [0.15, 0.2) is 0 Å². The van der Waals surface area contributed by atoms with Crippen molar-refractivity contribution < 1.29 is 9.18 Å². The Hall–Kier alpha value is -2.42. The van der Waals surface area contributed by atoms with E-state index in [9.17, 15) is 9.18 Å². The summed E-state index contributed by atoms with van der Waals surface area (Å²) >= 11 is 0. The van der Waals surface area contributed by atoms with Gasteiger partial charge in [0.2, 0.25) is 5.91 Å². The summed E-state index contributed by atoms with van der Waals surface area (Å²) in [5, 5.41) is 2.92. The van der Waals surface area contributed by atoms with Crippen molar-refractivity contribution in [3.63, 3.8) is 0 Å². The lowest BCUT2D eigenvalue weighted by atomic mass is 10.1. The maximum Gasteiger partial charge on any atom is 0.244 e. The predicted octanol–water partition coefficient (Wildman–Crippen LogP) is 3.98. The van der Waals surface area contributed by atoms with Crippen molar-refractivity contribution in [1.29, 1.82) is 0 Å². The largest absolute Gasteiger partial charge is 0.350 e. The molecule has 0 aliphatic heterocycles. The third-order valence-corrected chi connectivity index (χ3v) is 3.37. The van der Waals surface area contributed by atoms with Crippen LogP contribution in [0, 0.1) is 5.82 Å². The Morgan fingerprint density at radius 1 is 1.18 bits per heavy atom. The Morgan fingerprint density at radius 3 is 2.68 bits per heavy atom. The van der Waals surface area contributed by atoms with Crippen LogP contribution in [0.2, 0.25) is 0 Å². The molecule has 114 valence electrons. The molecule has 1 unspecified atom stereocenters. The van der Waals surface area contributed by atoms with Crippen molar-refractivity contribution in [3.8, 4) is 0 Å². The van der Waals surface area contributed by atoms with E-state index in [0.717, 1.165) is 12.8 Å². The molecule has 0 aliphatic rings. The van der Waals surface area contributed by atoms with Gasteiger partial charge in [0, 0.05) is 12.1 Å². The molecule has 0 bridgehead atoms. The molecule has 3 heteroatoms. The summed E-state index contributed by atoms with van der Waals surface area (Å²) in [7, 11) is 0. The fourth-order valence-electron chi connectivity index (χ4n) is 2.17. The Kier molecular flexibility index (Phi) is 5.90. The summed E-state index contributed by atoms with van der Waals surface area (Å²) in [6.07, 6.45) is 4.86. The summed E-state index contributed by atoms with van der Waals surface area (Å²) < 4.78 is 13.0. The summed E-state index contributed by atoms with van der Waals surface area (Å²) in [5.41, 5.74) is 1.94. The number of carbonyl (C=O) groups is 1. The molecular formula is C19H20FNO. The second-order valence-electron chi connectivity index (χ2n) is 5.32. The molecule has 1 amide bonds. The molecule has 0 spiro atoms. The maximum absolute atomic E-state index is 13.0. The van der Waals surface area contributed by atoms with E-state index in [4.69, 9.17) is 0 Å². The second-order valence-corrected chi connectivity index (χ2v) is 5.32. The zero-order chi connectivity index (χ0) is 15.8. The van der Waals surface area contributed by atoms with Gasteiger partial charge in [-0.05, 0) is 49.1 Å². The molecule has 0 saturated heterocycles. The molecule has 2 aromatic carbocycles. The van der Waals surface area contributed by atoms with Gasteiger partial charge in [-0.2, -0.15) is 0 Å². The molecule has 0 fully saturated rings. The highest BCUT2D eigenvalue weighted by Gasteiger charge is 2.05. The maximum atomic E-state index is 13.0. The van der Waals surface area contributed by atoms with Crippen molar-refractivity contribution in [1.82, 2.24) is 5.32 Å². The lowest BCUT2D eigenvalue weighted by Crippen LogP contribution is -2.31. The van der Waals surface area contributed by atoms with Gasteiger partial charge in [-0.3, -0.25) is 4.79 Å². The van der Waals surface area contributed by atoms with Gasteiger partial charge < -0.3 is 5.32 Å². The molecule has 2 rings (SSSR count). The van der Waals surface area contributed by atoms with Crippen LogP contribution in [0.3, 0.4) is 0 Å². The van der Waals surface area contributed by atoms with Crippen LogP contribution in [-0.4, -0.2) is 11.9 Å². The number of aryl methyl sites for hydroxylation is 1. The second kappa shape index (κ2) is 8.13. The van der Waals surface area contributed by atoms with Crippen LogP contribution in [0.1, 0.15) is 24.5 Å². The molecule has 0 radical (unpaired) electrons. The minimum absolute atomic E-state index is 0.0878. The minimum atomic E-state index is -0.307. The van der Waals surface area contributed by atoms with Gasteiger partial charge in [0.1, 0.15) is 5.82 Å². The number of benzene rings is 2. The quantitative estimate of drug-likeness (QED) is 0.803. The fourth-order valence-corrected chi connectivity index (χ4v) is 2.17. The van der Waals surface area contributed by atoms with Crippen molar-refractivity contribution in [2.45, 2.75) is 25.8 Å². The van der Waals surface area contributed by atoms with Gasteiger partial charge in [-0.25, -0.2) is 4.39 Å². The molecular weight excluding hydrogens is 277 g/mol. The molecule has 0 saturated carbocycles. The van der Waals surface area contributed by atoms with E-state index < -0.39 is 0 Å². The summed E-state index contributed by atoms with van der Waals surface area (Å²) in [6.45, 7) is 1.98. The van der Waals surface area contributed by atoms with E-state index in [0.29, 0.717) is 5.56 Å². The number of hydrogen-bond donors (Lipinski definition) is 1. The van der Waals surface area contributed by atoms with Gasteiger partial charge in [0.05, 0.1) is 0 Å². The topological polar surface area (TPSA) is 29.1 Å². The first-order valence-electron chi connectivity index (χ1n) is 7.41. The van der Waals surface area contributed by atoms with Crippen molar-refractivity contribution in [3.05, 3.63) is 77.6 Å². The first kappa shape index (κ1) is 16.0. The van der Waals surface area contributed by atoms with Crippen LogP contribution >= 0.6 is 0 Å². The Labute approximate surface area is 130 Å². The van der Waals surface area contributed by atoms with E-state index >= 15 is 0 Å². The van der Waals surface area contributed by atoms with Gasteiger partial charge in [-0.1, -0.05) is 42.5 Å². The van der Waals surface area contributed by atoms with Crippen LogP contribution in [0.4, 0.5) is 4.39 Å². The third-order valence-electron chi connectivity index (χ3n) is 3.37. The van der Waals surface area contributed by atoms with Crippen molar-refractivity contribution in [2.24, 2.45) is 0 Å². The average molecular weight is 297 g/mol. The lowest BCUT2D eigenvalue weighted by molar-refractivity contribution is -0.117. The molecule has 1 N–H and O–H groups in total. The third kappa shape index (κ3) is 5.52. The fraction of sp³-hybridized carbons (Fsp3) is 0.211. The zero-order valence-corrected chi connectivity index (χ0v) is 12.6. The highest BCUT2D eigenvalue weighted by molar-refractivity contribution is 5.91. The summed E-state index contributed by atoms with van der Waals surface area (Å²) in [6, 6.07) is 16.4. The van der Waals surface area contributed by atoms with Crippen LogP contribution in [0.5, 0.6) is 0 Å². The molecule has 0 heterocycles. The lowest BCUT2D eigenvalue weighted by Gasteiger charge is -2.12. The Bertz CT molecular complexity index is 637. The molecule has 2 nitrogen and oxygen atoms in total. The molecule has 1 atom stereocenters. The van der Waals surface area contributed by atoms with E-state index in [-0.39, 0.29) is 17.8 Å². The van der Waals surface area contributed by atoms with E-state index in [2.05, 4.69) is 17.4 Å². The van der Waals surface area contributed by atoms with Crippen LogP contribution in [0.25, 0.3) is 6.08 Å². The van der Waals surface area contributed by atoms with Crippen LogP contribution in [0.15, 0.2) is 60.7 Å². The Balaban J connectivity index is 1.78. The highest BCUT2D eigenvalue weighted by atomic mass is 19.1. The number of rotatable bonds is 6. The number of amides is 1. The number of halogens is 1. The van der Waals surface area contributed by atoms with E-state index in [1.807, 2.05) is 25.1 Å². The zero-order valence-electron chi connectivity index (χ0n) is 12.6. The van der Waals surface area contributed by atoms with Crippen molar-refractivity contribution >= 4 is 12.0 Å². The van der Waals surface area contributed by atoms with Crippen molar-refractivity contribution in [2.75, 3.05) is 0 Å². The Morgan fingerprint density at radius 2 is 1.95 bits per heavy atom. The first-order valence-corrected chi connectivity index (χ1v) is 7.41. The van der Waals surface area contributed by atoms with E-state index in [1.165, 1.54) is 23.8 Å². The van der Waals surface area contributed by atoms with Gasteiger partial charge in [-0.15, -0.1) is 0 Å². The SMILES string of the molecule is CC(CCc1ccccc1)NC(=O)C=Cc1cccc(F)c1. The van der Waals surface area contributed by atoms with Crippen LogP contribution in [-0.2, 0) is 11.2 Å². The minimum Gasteiger partial charge on any atom is -0.350 e. The molecule has 0 aromatic heterocycles. The smallest absolute Gasteiger partial charge is 0.244 e. The van der Waals surface area contributed by atoms with E-state index in [1.54, 1.807) is 18.2 Å². The number of carbonyl (C=O) groups excluding carboxylic acids is 1. The van der Waals surface area contributed by atoms with Crippen LogP contribution < -0.4 is 5.32 Å². The number of hydrogen-bond acceptors (Lipinski definition) is 1. The monoisotopic (exact) mass is 297 g/mol. The standard InChI is InChI=1S/C19H20FNO/c1-15(10-11-16-6-3-2-4-7-16)21-19(22)13-12-17-8-5-9-18(20)14-17/h2-9,12-15H,10-11H2,1H3,(H,21,22). The first-order chi connectivity index (χ1) is 10.6. The number of nitrogens with one attached hydrogen (secondary N) is 1. The highest BCUT2D eigenvalue weighted by Crippen LogP contribution is 2.06. The summed E-state index contributed by atoms with van der Waals surface area (Å²) in [4.78, 5) is 11.8. The molecule has 2 aromatic rings. The summed E-state index contributed by atoms with van der Waals surface area (Å²) in [5.74, 6) is -0.469. The molecule has 0 aliphatic carbocycles.